The molecule has 8 heteroatoms. The number of carbonyl (C=O) groups is 1. The number of amides is 1. The van der Waals surface area contributed by atoms with Gasteiger partial charge in [0, 0.05) is 45.4 Å². The minimum absolute atomic E-state index is 0.0122. The number of hydrogen-bond donors (Lipinski definition) is 1. The van der Waals surface area contributed by atoms with Gasteiger partial charge < -0.3 is 10.2 Å². The molecule has 4 rings (SSSR count). The van der Waals surface area contributed by atoms with Gasteiger partial charge in [-0.15, -0.1) is 11.3 Å². The number of thiophene rings is 1. The van der Waals surface area contributed by atoms with Crippen LogP contribution in [0.3, 0.4) is 0 Å². The minimum Gasteiger partial charge on any atom is -0.362 e. The van der Waals surface area contributed by atoms with Crippen molar-refractivity contribution in [2.24, 2.45) is 0 Å². The molecule has 1 N–H and O–H groups in total. The van der Waals surface area contributed by atoms with Crippen LogP contribution in [-0.2, 0) is 19.5 Å². The lowest BCUT2D eigenvalue weighted by molar-refractivity contribution is 0.0954. The van der Waals surface area contributed by atoms with Crippen molar-refractivity contribution in [1.82, 2.24) is 19.9 Å². The number of aromatic nitrogens is 3. The maximum Gasteiger partial charge on any atom is 0.262 e. The van der Waals surface area contributed by atoms with Gasteiger partial charge in [-0.2, -0.15) is 0 Å². The topological polar surface area (TPSA) is 80.1 Å². The Bertz CT molecular complexity index is 1130. The molecule has 0 atom stereocenters. The molecule has 0 aliphatic carbocycles. The quantitative estimate of drug-likeness (QED) is 0.714. The molecule has 7 nitrogen and oxygen atoms in total. The largest absolute Gasteiger partial charge is 0.362 e. The molecule has 0 saturated heterocycles. The highest BCUT2D eigenvalue weighted by atomic mass is 32.1. The number of nitrogens with one attached hydrogen (secondary N) is 1. The highest BCUT2D eigenvalue weighted by Gasteiger charge is 2.22. The van der Waals surface area contributed by atoms with Crippen LogP contribution in [0, 0.1) is 6.92 Å². The first kappa shape index (κ1) is 19.6. The first-order valence-corrected chi connectivity index (χ1v) is 10.7. The van der Waals surface area contributed by atoms with Gasteiger partial charge in [0.15, 0.2) is 0 Å². The van der Waals surface area contributed by atoms with Gasteiger partial charge in [0.2, 0.25) is 0 Å². The second kappa shape index (κ2) is 7.94. The van der Waals surface area contributed by atoms with Gasteiger partial charge in [0.25, 0.3) is 11.5 Å². The molecule has 0 saturated carbocycles. The third-order valence-electron chi connectivity index (χ3n) is 5.35. The van der Waals surface area contributed by atoms with E-state index in [2.05, 4.69) is 10.3 Å². The average Bonchev–Trinajstić information content (AvgIpc) is 2.88. The number of rotatable bonds is 4. The summed E-state index contributed by atoms with van der Waals surface area (Å²) in [6.45, 7) is 2.93. The molecule has 29 heavy (non-hydrogen) atoms. The van der Waals surface area contributed by atoms with Gasteiger partial charge in [0.1, 0.15) is 16.5 Å². The van der Waals surface area contributed by atoms with Gasteiger partial charge in [-0.05, 0) is 31.4 Å². The summed E-state index contributed by atoms with van der Waals surface area (Å²) < 4.78 is 1.80. The molecule has 152 valence electrons. The normalized spacial score (nSPS) is 13.8. The number of fused-ring (bicyclic) bond motifs is 2. The van der Waals surface area contributed by atoms with E-state index in [-0.39, 0.29) is 11.5 Å². The summed E-state index contributed by atoms with van der Waals surface area (Å²) in [7, 11) is 3.85. The summed E-state index contributed by atoms with van der Waals surface area (Å²) in [6, 6.07) is 3.81. The third-order valence-corrected chi connectivity index (χ3v) is 6.53. The molecule has 3 aromatic heterocycles. The summed E-state index contributed by atoms with van der Waals surface area (Å²) in [6.07, 6.45) is 5.72. The minimum atomic E-state index is -0.182. The second-order valence-electron chi connectivity index (χ2n) is 7.60. The highest BCUT2D eigenvalue weighted by Crippen LogP contribution is 2.28. The van der Waals surface area contributed by atoms with E-state index in [1.165, 1.54) is 11.3 Å². The van der Waals surface area contributed by atoms with E-state index in [0.717, 1.165) is 48.5 Å². The molecule has 0 fully saturated rings. The van der Waals surface area contributed by atoms with Gasteiger partial charge in [0.05, 0.1) is 10.3 Å². The lowest BCUT2D eigenvalue weighted by Crippen LogP contribution is -2.25. The summed E-state index contributed by atoms with van der Waals surface area (Å²) in [4.78, 5) is 38.2. The van der Waals surface area contributed by atoms with Gasteiger partial charge in [-0.1, -0.05) is 12.5 Å². The summed E-state index contributed by atoms with van der Waals surface area (Å²) in [5.74, 6) is 1.49. The molecule has 0 aromatic carbocycles. The number of carbonyl (C=O) groups excluding carboxylic acids is 1. The maximum atomic E-state index is 13.1. The maximum absolute atomic E-state index is 13.1. The number of hydrogen-bond acceptors (Lipinski definition) is 6. The summed E-state index contributed by atoms with van der Waals surface area (Å²) in [5.41, 5.74) is 1.65. The molecule has 3 aromatic rings. The van der Waals surface area contributed by atoms with E-state index in [4.69, 9.17) is 4.98 Å². The molecule has 1 amide bonds. The highest BCUT2D eigenvalue weighted by molar-refractivity contribution is 7.20. The van der Waals surface area contributed by atoms with Crippen LogP contribution >= 0.6 is 11.3 Å². The summed E-state index contributed by atoms with van der Waals surface area (Å²) in [5, 5.41) is 3.56. The molecule has 4 heterocycles. The van der Waals surface area contributed by atoms with Crippen LogP contribution in [0.25, 0.3) is 10.2 Å². The van der Waals surface area contributed by atoms with Crippen molar-refractivity contribution in [3.63, 3.8) is 0 Å². The fourth-order valence-corrected chi connectivity index (χ4v) is 4.96. The lowest BCUT2D eigenvalue weighted by atomic mass is 10.2. The first-order valence-electron chi connectivity index (χ1n) is 9.89. The van der Waals surface area contributed by atoms with E-state index in [0.29, 0.717) is 28.2 Å². The van der Waals surface area contributed by atoms with Crippen LogP contribution < -0.4 is 15.8 Å². The number of aryl methyl sites for hydroxylation is 2. The zero-order chi connectivity index (χ0) is 20.5. The van der Waals surface area contributed by atoms with E-state index >= 15 is 0 Å². The van der Waals surface area contributed by atoms with Crippen LogP contribution in [0.5, 0.6) is 0 Å². The average molecular weight is 412 g/mol. The van der Waals surface area contributed by atoms with Crippen molar-refractivity contribution >= 4 is 33.3 Å². The smallest absolute Gasteiger partial charge is 0.262 e. The van der Waals surface area contributed by atoms with Crippen molar-refractivity contribution in [2.75, 3.05) is 19.0 Å². The molecular weight excluding hydrogens is 386 g/mol. The standard InChI is InChI=1S/C21H25N5O2S/c1-13-16-20(24-15-9-5-4-6-11-26(15)21(16)28)29-17(13)19(27)23-12-14-8-7-10-22-18(14)25(2)3/h7-8,10H,4-6,9,11-12H2,1-3H3,(H,23,27). The SMILES string of the molecule is Cc1c(C(=O)NCc2cccnc2N(C)C)sc2nc3n(c(=O)c12)CCCCC3. The zero-order valence-corrected chi connectivity index (χ0v) is 17.8. The predicted molar refractivity (Wildman–Crippen MR) is 116 cm³/mol. The molecule has 0 spiro atoms. The predicted octanol–water partition coefficient (Wildman–Crippen LogP) is 2.88. The second-order valence-corrected chi connectivity index (χ2v) is 8.59. The number of anilines is 1. The Morgan fingerprint density at radius 2 is 2.14 bits per heavy atom. The summed E-state index contributed by atoms with van der Waals surface area (Å²) >= 11 is 1.31. The van der Waals surface area contributed by atoms with E-state index in [1.54, 1.807) is 10.8 Å². The Balaban J connectivity index is 1.64. The Hall–Kier alpha value is -2.74. The Morgan fingerprint density at radius 3 is 2.93 bits per heavy atom. The van der Waals surface area contributed by atoms with Crippen LogP contribution in [0.15, 0.2) is 23.1 Å². The fraction of sp³-hybridized carbons (Fsp3) is 0.429. The molecule has 0 radical (unpaired) electrons. The molecule has 0 bridgehead atoms. The van der Waals surface area contributed by atoms with Crippen molar-refractivity contribution in [3.05, 3.63) is 50.5 Å². The lowest BCUT2D eigenvalue weighted by Gasteiger charge is -2.16. The molecule has 1 aliphatic rings. The van der Waals surface area contributed by atoms with Crippen molar-refractivity contribution in [3.8, 4) is 0 Å². The zero-order valence-electron chi connectivity index (χ0n) is 17.0. The number of nitrogens with zero attached hydrogens (tertiary/aromatic N) is 4. The first-order chi connectivity index (χ1) is 14.0. The third kappa shape index (κ3) is 3.64. The van der Waals surface area contributed by atoms with E-state index in [1.807, 2.05) is 38.1 Å². The molecular formula is C21H25N5O2S. The monoisotopic (exact) mass is 411 g/mol. The van der Waals surface area contributed by atoms with Gasteiger partial charge >= 0.3 is 0 Å². The van der Waals surface area contributed by atoms with Crippen molar-refractivity contribution in [1.29, 1.82) is 0 Å². The van der Waals surface area contributed by atoms with Crippen molar-refractivity contribution < 1.29 is 4.79 Å². The van der Waals surface area contributed by atoms with Gasteiger partial charge in [-0.3, -0.25) is 14.2 Å². The fourth-order valence-electron chi connectivity index (χ4n) is 3.85. The Kier molecular flexibility index (Phi) is 5.36. The van der Waals surface area contributed by atoms with Crippen LogP contribution in [0.4, 0.5) is 5.82 Å². The van der Waals surface area contributed by atoms with Crippen molar-refractivity contribution in [2.45, 2.75) is 45.7 Å². The van der Waals surface area contributed by atoms with E-state index in [9.17, 15) is 9.59 Å². The van der Waals surface area contributed by atoms with Gasteiger partial charge in [-0.25, -0.2) is 9.97 Å². The number of pyridine rings is 1. The Morgan fingerprint density at radius 1 is 1.31 bits per heavy atom. The van der Waals surface area contributed by atoms with Crippen LogP contribution in [0.1, 0.15) is 45.9 Å². The van der Waals surface area contributed by atoms with E-state index < -0.39 is 0 Å². The van der Waals surface area contributed by atoms with Crippen LogP contribution in [0.2, 0.25) is 0 Å². The van der Waals surface area contributed by atoms with Crippen LogP contribution in [-0.4, -0.2) is 34.5 Å². The molecule has 1 aliphatic heterocycles. The molecule has 0 unspecified atom stereocenters. The Labute approximate surface area is 173 Å².